The lowest BCUT2D eigenvalue weighted by atomic mass is 9.98. The van der Waals surface area contributed by atoms with Crippen LogP contribution in [0.4, 0.5) is 5.69 Å². The van der Waals surface area contributed by atoms with Crippen LogP contribution < -0.4 is 0 Å². The van der Waals surface area contributed by atoms with E-state index in [0.29, 0.717) is 0 Å². The Hall–Kier alpha value is -5.30. The standard InChI is InChI=1S/C33H26N2O5/c36-32(27-17-19-29(20-18-27)35(39)40)34(22-28-11-6-10-26-9-4-5-12-30(26)28)31(33(37)38)21-23-13-15-25(16-14-23)24-7-2-1-3-8-24/h1-20,31H,21-22H2,(H,37,38). The Morgan fingerprint density at radius 1 is 0.750 bits per heavy atom. The van der Waals surface area contributed by atoms with E-state index in [1.807, 2.05) is 97.1 Å². The van der Waals surface area contributed by atoms with Gasteiger partial charge in [-0.2, -0.15) is 0 Å². The van der Waals surface area contributed by atoms with E-state index >= 15 is 0 Å². The average molecular weight is 531 g/mol. The fourth-order valence-corrected chi connectivity index (χ4v) is 4.85. The van der Waals surface area contributed by atoms with Crippen LogP contribution in [0.5, 0.6) is 0 Å². The van der Waals surface area contributed by atoms with Crippen LogP contribution in [0.15, 0.2) is 121 Å². The predicted octanol–water partition coefficient (Wildman–Crippen LogP) is 6.75. The fraction of sp³-hybridized carbons (Fsp3) is 0.0909. The summed E-state index contributed by atoms with van der Waals surface area (Å²) in [5.41, 5.74) is 3.66. The first-order chi connectivity index (χ1) is 19.4. The van der Waals surface area contributed by atoms with Crippen molar-refractivity contribution >= 4 is 28.3 Å². The van der Waals surface area contributed by atoms with Gasteiger partial charge in [0.1, 0.15) is 6.04 Å². The molecule has 5 aromatic rings. The van der Waals surface area contributed by atoms with Crippen molar-refractivity contribution in [2.45, 2.75) is 19.0 Å². The Bertz CT molecular complexity index is 1660. The SMILES string of the molecule is O=C(O)C(Cc1ccc(-c2ccccc2)cc1)N(Cc1cccc2ccccc12)C(=O)c1ccc([N+](=O)[O-])cc1. The van der Waals surface area contributed by atoms with Gasteiger partial charge in [-0.15, -0.1) is 0 Å². The molecule has 40 heavy (non-hydrogen) atoms. The summed E-state index contributed by atoms with van der Waals surface area (Å²) in [6, 6.07) is 35.0. The van der Waals surface area contributed by atoms with Gasteiger partial charge in [0.15, 0.2) is 0 Å². The van der Waals surface area contributed by atoms with Crippen LogP contribution in [0.2, 0.25) is 0 Å². The number of benzene rings is 5. The minimum atomic E-state index is -1.18. The van der Waals surface area contributed by atoms with E-state index in [1.54, 1.807) is 0 Å². The normalized spacial score (nSPS) is 11.6. The van der Waals surface area contributed by atoms with E-state index in [4.69, 9.17) is 0 Å². The molecule has 1 atom stereocenters. The number of carbonyl (C=O) groups is 2. The molecule has 0 aliphatic heterocycles. The summed E-state index contributed by atoms with van der Waals surface area (Å²) in [5, 5.41) is 23.4. The number of hydrogen-bond acceptors (Lipinski definition) is 4. The molecule has 0 saturated carbocycles. The second-order valence-corrected chi connectivity index (χ2v) is 9.50. The molecule has 0 aliphatic rings. The molecule has 1 N–H and O–H groups in total. The third-order valence-corrected chi connectivity index (χ3v) is 6.96. The van der Waals surface area contributed by atoms with Crippen molar-refractivity contribution in [1.29, 1.82) is 0 Å². The number of nitro groups is 1. The summed E-state index contributed by atoms with van der Waals surface area (Å²) in [6.07, 6.45) is 0.0912. The van der Waals surface area contributed by atoms with Gasteiger partial charge in [0, 0.05) is 30.7 Å². The van der Waals surface area contributed by atoms with Gasteiger partial charge in [0.05, 0.1) is 4.92 Å². The van der Waals surface area contributed by atoms with Gasteiger partial charge < -0.3 is 10.0 Å². The van der Waals surface area contributed by atoms with E-state index in [9.17, 15) is 24.8 Å². The van der Waals surface area contributed by atoms with Gasteiger partial charge in [0.25, 0.3) is 11.6 Å². The number of nitro benzene ring substituents is 1. The first-order valence-electron chi connectivity index (χ1n) is 12.8. The number of hydrogen-bond donors (Lipinski definition) is 1. The highest BCUT2D eigenvalue weighted by atomic mass is 16.6. The fourth-order valence-electron chi connectivity index (χ4n) is 4.85. The number of aliphatic carboxylic acids is 1. The number of nitrogens with zero attached hydrogens (tertiary/aromatic N) is 2. The second kappa shape index (κ2) is 11.6. The molecule has 0 spiro atoms. The zero-order valence-corrected chi connectivity index (χ0v) is 21.5. The summed E-state index contributed by atoms with van der Waals surface area (Å²) in [5.74, 6) is -1.65. The number of non-ortho nitro benzene ring substituents is 1. The zero-order chi connectivity index (χ0) is 28.1. The van der Waals surface area contributed by atoms with Gasteiger partial charge in [-0.1, -0.05) is 97.1 Å². The van der Waals surface area contributed by atoms with Crippen LogP contribution >= 0.6 is 0 Å². The highest BCUT2D eigenvalue weighted by molar-refractivity contribution is 5.97. The van der Waals surface area contributed by atoms with Crippen LogP contribution in [0, 0.1) is 10.1 Å². The van der Waals surface area contributed by atoms with Crippen molar-refractivity contribution < 1.29 is 19.6 Å². The summed E-state index contributed by atoms with van der Waals surface area (Å²) < 4.78 is 0. The Balaban J connectivity index is 1.51. The monoisotopic (exact) mass is 530 g/mol. The van der Waals surface area contributed by atoms with E-state index < -0.39 is 22.8 Å². The molecule has 7 nitrogen and oxygen atoms in total. The number of carbonyl (C=O) groups excluding carboxylic acids is 1. The van der Waals surface area contributed by atoms with Crippen LogP contribution in [0.3, 0.4) is 0 Å². The largest absolute Gasteiger partial charge is 0.480 e. The van der Waals surface area contributed by atoms with Gasteiger partial charge in [-0.25, -0.2) is 4.79 Å². The predicted molar refractivity (Wildman–Crippen MR) is 154 cm³/mol. The molecule has 0 heterocycles. The Labute approximate surface area is 231 Å². The molecule has 1 unspecified atom stereocenters. The zero-order valence-electron chi connectivity index (χ0n) is 21.5. The van der Waals surface area contributed by atoms with Crippen molar-refractivity contribution in [3.8, 4) is 11.1 Å². The first-order valence-corrected chi connectivity index (χ1v) is 12.8. The quantitative estimate of drug-likeness (QED) is 0.168. The van der Waals surface area contributed by atoms with Crippen molar-refractivity contribution in [2.24, 2.45) is 0 Å². The maximum absolute atomic E-state index is 13.8. The molecule has 198 valence electrons. The molecule has 0 radical (unpaired) electrons. The molecule has 5 rings (SSSR count). The molecular weight excluding hydrogens is 504 g/mol. The molecule has 5 aromatic carbocycles. The van der Waals surface area contributed by atoms with Crippen molar-refractivity contribution in [3.05, 3.63) is 148 Å². The molecule has 0 aromatic heterocycles. The molecule has 0 fully saturated rings. The molecular formula is C33H26N2O5. The highest BCUT2D eigenvalue weighted by Gasteiger charge is 2.31. The smallest absolute Gasteiger partial charge is 0.326 e. The minimum absolute atomic E-state index is 0.0518. The van der Waals surface area contributed by atoms with Crippen LogP contribution in [-0.2, 0) is 17.8 Å². The Kier molecular flexibility index (Phi) is 7.64. The van der Waals surface area contributed by atoms with Crippen molar-refractivity contribution in [3.63, 3.8) is 0 Å². The highest BCUT2D eigenvalue weighted by Crippen LogP contribution is 2.25. The number of carboxylic acids is 1. The third-order valence-electron chi connectivity index (χ3n) is 6.96. The molecule has 1 amide bonds. The van der Waals surface area contributed by atoms with Crippen LogP contribution in [0.25, 0.3) is 21.9 Å². The van der Waals surface area contributed by atoms with Gasteiger partial charge in [-0.3, -0.25) is 14.9 Å². The lowest BCUT2D eigenvalue weighted by molar-refractivity contribution is -0.384. The number of carboxylic acid groups (broad SMARTS) is 1. The summed E-state index contributed by atoms with van der Waals surface area (Å²) in [4.78, 5) is 38.5. The summed E-state index contributed by atoms with van der Waals surface area (Å²) >= 11 is 0. The van der Waals surface area contributed by atoms with Crippen LogP contribution in [-0.4, -0.2) is 32.8 Å². The lowest BCUT2D eigenvalue weighted by Crippen LogP contribution is -2.46. The van der Waals surface area contributed by atoms with Crippen molar-refractivity contribution in [1.82, 2.24) is 4.90 Å². The molecule has 0 saturated heterocycles. The molecule has 0 bridgehead atoms. The Morgan fingerprint density at radius 3 is 2.05 bits per heavy atom. The first kappa shape index (κ1) is 26.3. The van der Waals surface area contributed by atoms with E-state index in [2.05, 4.69) is 0 Å². The maximum Gasteiger partial charge on any atom is 0.326 e. The Morgan fingerprint density at radius 2 is 1.38 bits per heavy atom. The average Bonchev–Trinajstić information content (AvgIpc) is 2.99. The van der Waals surface area contributed by atoms with Gasteiger partial charge in [-0.05, 0) is 45.2 Å². The van der Waals surface area contributed by atoms with Crippen molar-refractivity contribution in [2.75, 3.05) is 0 Å². The van der Waals surface area contributed by atoms with Crippen LogP contribution in [0.1, 0.15) is 21.5 Å². The summed E-state index contributed by atoms with van der Waals surface area (Å²) in [6.45, 7) is 0.0518. The molecule has 7 heteroatoms. The second-order valence-electron chi connectivity index (χ2n) is 9.50. The summed E-state index contributed by atoms with van der Waals surface area (Å²) in [7, 11) is 0. The maximum atomic E-state index is 13.8. The lowest BCUT2D eigenvalue weighted by Gasteiger charge is -2.30. The van der Waals surface area contributed by atoms with E-state index in [0.717, 1.165) is 33.0 Å². The topological polar surface area (TPSA) is 101 Å². The number of fused-ring (bicyclic) bond motifs is 1. The van der Waals surface area contributed by atoms with Gasteiger partial charge in [0.2, 0.25) is 0 Å². The number of rotatable bonds is 9. The third kappa shape index (κ3) is 5.73. The molecule has 0 aliphatic carbocycles. The minimum Gasteiger partial charge on any atom is -0.480 e. The van der Waals surface area contributed by atoms with E-state index in [1.165, 1.54) is 29.2 Å². The van der Waals surface area contributed by atoms with Gasteiger partial charge >= 0.3 is 5.97 Å². The van der Waals surface area contributed by atoms with E-state index in [-0.39, 0.29) is 24.2 Å². The number of amides is 1.